The van der Waals surface area contributed by atoms with Crippen LogP contribution >= 0.6 is 0 Å². The molecule has 3 heteroatoms. The number of nitrogens with zero attached hydrogens (tertiary/aromatic N) is 3. The zero-order valence-electron chi connectivity index (χ0n) is 9.63. The molecule has 2 rings (SSSR count). The number of aliphatic imine (C=N–C) groups is 1. The maximum atomic E-state index is 4.34. The fourth-order valence-electron chi connectivity index (χ4n) is 1.73. The smallest absolute Gasteiger partial charge is 0.0943 e. The van der Waals surface area contributed by atoms with E-state index in [1.54, 1.807) is 0 Å². The SMILES string of the molecule is C=CCN1CN=CN(c2ccc(C)cc2)C1. The van der Waals surface area contributed by atoms with Crippen molar-refractivity contribution in [3.05, 3.63) is 42.5 Å². The van der Waals surface area contributed by atoms with Crippen LogP contribution in [0.3, 0.4) is 0 Å². The maximum Gasteiger partial charge on any atom is 0.0943 e. The normalized spacial score (nSPS) is 16.4. The van der Waals surface area contributed by atoms with Crippen molar-refractivity contribution in [3.63, 3.8) is 0 Å². The Balaban J connectivity index is 2.09. The lowest BCUT2D eigenvalue weighted by molar-refractivity contribution is 0.314. The van der Waals surface area contributed by atoms with Gasteiger partial charge in [0.2, 0.25) is 0 Å². The fraction of sp³-hybridized carbons (Fsp3) is 0.308. The van der Waals surface area contributed by atoms with Gasteiger partial charge < -0.3 is 4.90 Å². The number of hydrogen-bond donors (Lipinski definition) is 0. The summed E-state index contributed by atoms with van der Waals surface area (Å²) in [6.07, 6.45) is 3.82. The van der Waals surface area contributed by atoms with Gasteiger partial charge >= 0.3 is 0 Å². The van der Waals surface area contributed by atoms with Gasteiger partial charge in [-0.2, -0.15) is 0 Å². The molecule has 0 atom stereocenters. The van der Waals surface area contributed by atoms with E-state index in [2.05, 4.69) is 52.6 Å². The topological polar surface area (TPSA) is 18.8 Å². The highest BCUT2D eigenvalue weighted by molar-refractivity contribution is 5.79. The molecular weight excluding hydrogens is 198 g/mol. The molecule has 0 aromatic heterocycles. The van der Waals surface area contributed by atoms with Crippen LogP contribution in [0.15, 0.2) is 41.9 Å². The van der Waals surface area contributed by atoms with Crippen molar-refractivity contribution in [2.45, 2.75) is 6.92 Å². The van der Waals surface area contributed by atoms with Gasteiger partial charge in [-0.25, -0.2) is 0 Å². The van der Waals surface area contributed by atoms with Gasteiger partial charge in [-0.15, -0.1) is 6.58 Å². The van der Waals surface area contributed by atoms with E-state index in [0.29, 0.717) is 0 Å². The number of hydrogen-bond acceptors (Lipinski definition) is 3. The predicted octanol–water partition coefficient (Wildman–Crippen LogP) is 2.25. The molecule has 0 radical (unpaired) electrons. The molecule has 16 heavy (non-hydrogen) atoms. The van der Waals surface area contributed by atoms with E-state index in [0.717, 1.165) is 19.9 Å². The summed E-state index contributed by atoms with van der Waals surface area (Å²) in [4.78, 5) is 8.71. The summed E-state index contributed by atoms with van der Waals surface area (Å²) in [5.41, 5.74) is 2.46. The van der Waals surface area contributed by atoms with Crippen LogP contribution in [-0.2, 0) is 0 Å². The van der Waals surface area contributed by atoms with Gasteiger partial charge in [0.05, 0.1) is 19.7 Å². The largest absolute Gasteiger partial charge is 0.319 e. The van der Waals surface area contributed by atoms with Crippen molar-refractivity contribution in [1.29, 1.82) is 0 Å². The molecule has 0 aliphatic carbocycles. The number of aryl methyl sites for hydroxylation is 1. The van der Waals surface area contributed by atoms with E-state index in [1.165, 1.54) is 11.3 Å². The number of anilines is 1. The Morgan fingerprint density at radius 2 is 2.12 bits per heavy atom. The summed E-state index contributed by atoms with van der Waals surface area (Å²) >= 11 is 0. The molecule has 1 heterocycles. The second-order valence-corrected chi connectivity index (χ2v) is 4.03. The Morgan fingerprint density at radius 1 is 1.38 bits per heavy atom. The molecule has 0 saturated carbocycles. The summed E-state index contributed by atoms with van der Waals surface area (Å²) in [5.74, 6) is 0. The predicted molar refractivity (Wildman–Crippen MR) is 68.8 cm³/mol. The third kappa shape index (κ3) is 2.49. The molecule has 1 aromatic rings. The first kappa shape index (κ1) is 10.9. The molecule has 1 aliphatic rings. The van der Waals surface area contributed by atoms with Gasteiger partial charge in [-0.1, -0.05) is 23.8 Å². The van der Waals surface area contributed by atoms with E-state index in [-0.39, 0.29) is 0 Å². The number of benzene rings is 1. The van der Waals surface area contributed by atoms with Crippen LogP contribution in [0.25, 0.3) is 0 Å². The molecule has 1 aliphatic heterocycles. The minimum Gasteiger partial charge on any atom is -0.319 e. The molecule has 84 valence electrons. The quantitative estimate of drug-likeness (QED) is 0.720. The zero-order valence-corrected chi connectivity index (χ0v) is 9.63. The van der Waals surface area contributed by atoms with Crippen LogP contribution in [0, 0.1) is 6.92 Å². The second kappa shape index (κ2) is 4.94. The zero-order chi connectivity index (χ0) is 11.4. The van der Waals surface area contributed by atoms with Crippen molar-refractivity contribution in [2.75, 3.05) is 24.8 Å². The number of rotatable bonds is 3. The van der Waals surface area contributed by atoms with Gasteiger partial charge in [0.25, 0.3) is 0 Å². The standard InChI is InChI=1S/C13H17N3/c1-3-8-15-9-14-10-16(11-15)13-6-4-12(2)5-7-13/h3-7,10H,1,8-9,11H2,2H3. The monoisotopic (exact) mass is 215 g/mol. The Bertz CT molecular complexity index is 381. The Labute approximate surface area is 96.7 Å². The van der Waals surface area contributed by atoms with Crippen molar-refractivity contribution < 1.29 is 0 Å². The minimum absolute atomic E-state index is 0.758. The average Bonchev–Trinajstić information content (AvgIpc) is 2.31. The summed E-state index contributed by atoms with van der Waals surface area (Å²) in [6, 6.07) is 8.49. The molecule has 0 bridgehead atoms. The van der Waals surface area contributed by atoms with E-state index >= 15 is 0 Å². The molecule has 0 unspecified atom stereocenters. The van der Waals surface area contributed by atoms with Gasteiger partial charge in [0.15, 0.2) is 0 Å². The molecule has 0 spiro atoms. The summed E-state index contributed by atoms with van der Waals surface area (Å²) in [5, 5.41) is 0. The lowest BCUT2D eigenvalue weighted by Gasteiger charge is -2.31. The van der Waals surface area contributed by atoms with Crippen LogP contribution in [0.4, 0.5) is 5.69 Å². The van der Waals surface area contributed by atoms with Crippen molar-refractivity contribution in [1.82, 2.24) is 4.90 Å². The molecular formula is C13H17N3. The van der Waals surface area contributed by atoms with E-state index in [9.17, 15) is 0 Å². The van der Waals surface area contributed by atoms with Crippen molar-refractivity contribution >= 4 is 12.0 Å². The summed E-state index contributed by atoms with van der Waals surface area (Å²) < 4.78 is 0. The average molecular weight is 215 g/mol. The maximum absolute atomic E-state index is 4.34. The van der Waals surface area contributed by atoms with E-state index < -0.39 is 0 Å². The Kier molecular flexibility index (Phi) is 3.37. The van der Waals surface area contributed by atoms with Crippen LogP contribution in [0.5, 0.6) is 0 Å². The Hall–Kier alpha value is -1.61. The summed E-state index contributed by atoms with van der Waals surface area (Å²) in [7, 11) is 0. The third-order valence-electron chi connectivity index (χ3n) is 2.61. The first-order chi connectivity index (χ1) is 7.79. The minimum atomic E-state index is 0.758. The highest BCUT2D eigenvalue weighted by Gasteiger charge is 2.12. The van der Waals surface area contributed by atoms with Gasteiger partial charge in [-0.3, -0.25) is 9.89 Å². The van der Waals surface area contributed by atoms with Crippen LogP contribution in [0.2, 0.25) is 0 Å². The summed E-state index contributed by atoms with van der Waals surface area (Å²) in [6.45, 7) is 8.35. The molecule has 0 amide bonds. The molecule has 3 nitrogen and oxygen atoms in total. The fourth-order valence-corrected chi connectivity index (χ4v) is 1.73. The molecule has 0 saturated heterocycles. The molecule has 0 N–H and O–H groups in total. The van der Waals surface area contributed by atoms with Crippen LogP contribution in [-0.4, -0.2) is 31.1 Å². The first-order valence-corrected chi connectivity index (χ1v) is 5.46. The van der Waals surface area contributed by atoms with Gasteiger partial charge in [0, 0.05) is 12.2 Å². The van der Waals surface area contributed by atoms with E-state index in [4.69, 9.17) is 0 Å². The van der Waals surface area contributed by atoms with Crippen LogP contribution < -0.4 is 4.90 Å². The molecule has 1 aromatic carbocycles. The van der Waals surface area contributed by atoms with Gasteiger partial charge in [0.1, 0.15) is 0 Å². The van der Waals surface area contributed by atoms with Crippen LogP contribution in [0.1, 0.15) is 5.56 Å². The lowest BCUT2D eigenvalue weighted by atomic mass is 10.2. The second-order valence-electron chi connectivity index (χ2n) is 4.03. The van der Waals surface area contributed by atoms with Crippen molar-refractivity contribution in [3.8, 4) is 0 Å². The first-order valence-electron chi connectivity index (χ1n) is 5.46. The van der Waals surface area contributed by atoms with E-state index in [1.807, 2.05) is 12.4 Å². The Morgan fingerprint density at radius 3 is 2.81 bits per heavy atom. The third-order valence-corrected chi connectivity index (χ3v) is 2.61. The lowest BCUT2D eigenvalue weighted by Crippen LogP contribution is -2.41. The highest BCUT2D eigenvalue weighted by atomic mass is 15.4. The van der Waals surface area contributed by atoms with Crippen molar-refractivity contribution in [2.24, 2.45) is 4.99 Å². The molecule has 0 fully saturated rings. The highest BCUT2D eigenvalue weighted by Crippen LogP contribution is 2.15. The van der Waals surface area contributed by atoms with Gasteiger partial charge in [-0.05, 0) is 19.1 Å².